The largest absolute Gasteiger partial charge is 0.381 e. The summed E-state index contributed by atoms with van der Waals surface area (Å²) in [5.74, 6) is 0.139. The molecule has 3 N–H and O–H groups in total. The highest BCUT2D eigenvalue weighted by Gasteiger charge is 2.16. The Bertz CT molecular complexity index is 702. The van der Waals surface area contributed by atoms with E-state index in [-0.39, 0.29) is 11.4 Å². The Morgan fingerprint density at radius 1 is 1.28 bits per heavy atom. The van der Waals surface area contributed by atoms with Gasteiger partial charge in [-0.1, -0.05) is 17.7 Å². The van der Waals surface area contributed by atoms with E-state index >= 15 is 0 Å². The second kappa shape index (κ2) is 4.40. The van der Waals surface area contributed by atoms with Gasteiger partial charge in [0.15, 0.2) is 5.82 Å². The van der Waals surface area contributed by atoms with Gasteiger partial charge in [-0.25, -0.2) is 0 Å². The van der Waals surface area contributed by atoms with Crippen LogP contribution in [0.25, 0.3) is 11.3 Å². The molecule has 2 aromatic rings. The molecule has 0 atom stereocenters. The number of nitrogens with two attached hydrogens (primary N) is 1. The zero-order valence-electron chi connectivity index (χ0n) is 9.45. The molecule has 5 nitrogen and oxygen atoms in total. The monoisotopic (exact) mass is 257 g/mol. The van der Waals surface area contributed by atoms with Crippen LogP contribution in [0.15, 0.2) is 12.1 Å². The highest BCUT2D eigenvalue weighted by molar-refractivity contribution is 6.32. The van der Waals surface area contributed by atoms with Crippen LogP contribution in [-0.2, 0) is 0 Å². The summed E-state index contributed by atoms with van der Waals surface area (Å²) in [5.41, 5.74) is 8.11. The molecule has 0 amide bonds. The third-order valence-electron chi connectivity index (χ3n) is 2.70. The van der Waals surface area contributed by atoms with Crippen LogP contribution in [-0.4, -0.2) is 10.2 Å². The number of nitrogen functional groups attached to an aromatic ring is 1. The molecule has 0 bridgehead atoms. The van der Waals surface area contributed by atoms with Crippen molar-refractivity contribution in [2.24, 2.45) is 0 Å². The number of benzene rings is 1. The van der Waals surface area contributed by atoms with Crippen LogP contribution in [0.4, 0.5) is 5.82 Å². The van der Waals surface area contributed by atoms with E-state index in [1.807, 2.05) is 12.1 Å². The number of nitrogens with one attached hydrogen (secondary N) is 1. The number of aromatic nitrogens is 2. The quantitative estimate of drug-likeness (QED) is 0.818. The summed E-state index contributed by atoms with van der Waals surface area (Å²) in [7, 11) is 0. The van der Waals surface area contributed by atoms with Gasteiger partial charge in [-0.2, -0.15) is 15.6 Å². The fourth-order valence-corrected chi connectivity index (χ4v) is 2.00. The SMILES string of the molecule is Cc1c(-c2[nH]nc(N)c2C#N)ccc(Cl)c1C#N. The fraction of sp³-hybridized carbons (Fsp3) is 0.0833. The Morgan fingerprint density at radius 3 is 2.56 bits per heavy atom. The normalized spacial score (nSPS) is 9.78. The summed E-state index contributed by atoms with van der Waals surface area (Å²) in [6.45, 7) is 1.76. The molecule has 2 rings (SSSR count). The number of hydrogen-bond donors (Lipinski definition) is 2. The molecule has 6 heteroatoms. The minimum absolute atomic E-state index is 0.139. The molecule has 0 spiro atoms. The summed E-state index contributed by atoms with van der Waals surface area (Å²) < 4.78 is 0. The average Bonchev–Trinajstić information content (AvgIpc) is 2.71. The van der Waals surface area contributed by atoms with E-state index in [2.05, 4.69) is 10.2 Å². The van der Waals surface area contributed by atoms with Crippen molar-refractivity contribution >= 4 is 17.4 Å². The highest BCUT2D eigenvalue weighted by atomic mass is 35.5. The molecule has 88 valence electrons. The standard InChI is InChI=1S/C12H8ClN5/c1-6-7(2-3-10(13)8(6)4-14)11-9(5-15)12(16)18-17-11/h2-3H,1H3,(H3,16,17,18). The van der Waals surface area contributed by atoms with Crippen molar-refractivity contribution in [1.29, 1.82) is 10.5 Å². The molecule has 0 unspecified atom stereocenters. The second-order valence-corrected chi connectivity index (χ2v) is 4.08. The minimum Gasteiger partial charge on any atom is -0.381 e. The Hall–Kier alpha value is -2.50. The van der Waals surface area contributed by atoms with Crippen molar-refractivity contribution in [1.82, 2.24) is 10.2 Å². The first-order valence-electron chi connectivity index (χ1n) is 5.03. The summed E-state index contributed by atoms with van der Waals surface area (Å²) in [5, 5.41) is 25.0. The molecule has 1 aromatic carbocycles. The van der Waals surface area contributed by atoms with Gasteiger partial charge in [0, 0.05) is 5.56 Å². The van der Waals surface area contributed by atoms with Gasteiger partial charge in [0.25, 0.3) is 0 Å². The van der Waals surface area contributed by atoms with Gasteiger partial charge in [-0.05, 0) is 18.6 Å². The van der Waals surface area contributed by atoms with Crippen LogP contribution in [0, 0.1) is 29.6 Å². The number of anilines is 1. The van der Waals surface area contributed by atoms with Crippen molar-refractivity contribution in [2.75, 3.05) is 5.73 Å². The van der Waals surface area contributed by atoms with Gasteiger partial charge < -0.3 is 5.73 Å². The topological polar surface area (TPSA) is 102 Å². The molecule has 0 saturated heterocycles. The fourth-order valence-electron chi connectivity index (χ4n) is 1.75. The van der Waals surface area contributed by atoms with Gasteiger partial charge in [0.1, 0.15) is 17.7 Å². The smallest absolute Gasteiger partial charge is 0.163 e. The summed E-state index contributed by atoms with van der Waals surface area (Å²) in [4.78, 5) is 0. The van der Waals surface area contributed by atoms with Crippen molar-refractivity contribution < 1.29 is 0 Å². The molecule has 0 aliphatic rings. The number of rotatable bonds is 1. The lowest BCUT2D eigenvalue weighted by molar-refractivity contribution is 1.10. The number of nitriles is 2. The van der Waals surface area contributed by atoms with Gasteiger partial charge in [0.05, 0.1) is 16.3 Å². The molecule has 0 radical (unpaired) electrons. The maximum Gasteiger partial charge on any atom is 0.163 e. The molecule has 0 aliphatic heterocycles. The van der Waals surface area contributed by atoms with Crippen LogP contribution < -0.4 is 5.73 Å². The number of halogens is 1. The van der Waals surface area contributed by atoms with Crippen LogP contribution >= 0.6 is 11.6 Å². The lowest BCUT2D eigenvalue weighted by Gasteiger charge is -2.07. The number of H-pyrrole nitrogens is 1. The number of nitrogens with zero attached hydrogens (tertiary/aromatic N) is 3. The molecule has 0 aliphatic carbocycles. The first kappa shape index (κ1) is 12.0. The second-order valence-electron chi connectivity index (χ2n) is 3.68. The molecule has 0 saturated carbocycles. The van der Waals surface area contributed by atoms with Crippen LogP contribution in [0.5, 0.6) is 0 Å². The Morgan fingerprint density at radius 2 is 1.94 bits per heavy atom. The van der Waals surface area contributed by atoms with Crippen molar-refractivity contribution in [3.63, 3.8) is 0 Å². The average molecular weight is 258 g/mol. The third kappa shape index (κ3) is 1.67. The van der Waals surface area contributed by atoms with E-state index in [0.717, 1.165) is 0 Å². The molecular formula is C12H8ClN5. The van der Waals surface area contributed by atoms with Crippen molar-refractivity contribution in [2.45, 2.75) is 6.92 Å². The summed E-state index contributed by atoms with van der Waals surface area (Å²) in [6.07, 6.45) is 0. The van der Waals surface area contributed by atoms with E-state index in [0.29, 0.717) is 27.4 Å². The zero-order valence-corrected chi connectivity index (χ0v) is 10.2. The van der Waals surface area contributed by atoms with E-state index in [1.54, 1.807) is 19.1 Å². The van der Waals surface area contributed by atoms with Gasteiger partial charge in [-0.3, -0.25) is 5.10 Å². The lowest BCUT2D eigenvalue weighted by Crippen LogP contribution is -1.92. The van der Waals surface area contributed by atoms with E-state index < -0.39 is 0 Å². The van der Waals surface area contributed by atoms with Crippen molar-refractivity contribution in [3.05, 3.63) is 33.8 Å². The Kier molecular flexibility index (Phi) is 2.93. The predicted octanol–water partition coefficient (Wildman–Crippen LogP) is 2.36. The Balaban J connectivity index is 2.74. The van der Waals surface area contributed by atoms with Crippen LogP contribution in [0.3, 0.4) is 0 Å². The first-order valence-corrected chi connectivity index (χ1v) is 5.41. The molecular weight excluding hydrogens is 250 g/mol. The molecule has 1 heterocycles. The Labute approximate surface area is 108 Å². The first-order chi connectivity index (χ1) is 8.60. The molecule has 0 fully saturated rings. The van der Waals surface area contributed by atoms with E-state index in [4.69, 9.17) is 27.9 Å². The molecule has 18 heavy (non-hydrogen) atoms. The van der Waals surface area contributed by atoms with Crippen molar-refractivity contribution in [3.8, 4) is 23.4 Å². The third-order valence-corrected chi connectivity index (χ3v) is 3.02. The zero-order chi connectivity index (χ0) is 13.3. The van der Waals surface area contributed by atoms with E-state index in [9.17, 15) is 0 Å². The van der Waals surface area contributed by atoms with Crippen LogP contribution in [0.1, 0.15) is 16.7 Å². The number of hydrogen-bond acceptors (Lipinski definition) is 4. The maximum atomic E-state index is 9.05. The van der Waals surface area contributed by atoms with E-state index in [1.165, 1.54) is 0 Å². The lowest BCUT2D eigenvalue weighted by atomic mass is 9.98. The van der Waals surface area contributed by atoms with Gasteiger partial charge in [-0.15, -0.1) is 0 Å². The van der Waals surface area contributed by atoms with Gasteiger partial charge >= 0.3 is 0 Å². The predicted molar refractivity (Wildman–Crippen MR) is 67.6 cm³/mol. The maximum absolute atomic E-state index is 9.05. The summed E-state index contributed by atoms with van der Waals surface area (Å²) >= 11 is 5.93. The minimum atomic E-state index is 0.139. The van der Waals surface area contributed by atoms with Gasteiger partial charge in [0.2, 0.25) is 0 Å². The molecule has 1 aromatic heterocycles. The summed E-state index contributed by atoms with van der Waals surface area (Å²) in [6, 6.07) is 7.36. The van der Waals surface area contributed by atoms with Crippen LogP contribution in [0.2, 0.25) is 5.02 Å². The number of aromatic amines is 1. The highest BCUT2D eigenvalue weighted by Crippen LogP contribution is 2.31.